The molecule has 0 bridgehead atoms. The number of hydrogen-bond donors (Lipinski definition) is 3. The fourth-order valence-electron chi connectivity index (χ4n) is 2.02. The third-order valence-corrected chi connectivity index (χ3v) is 4.75. The Labute approximate surface area is 130 Å². The first kappa shape index (κ1) is 18.2. The van der Waals surface area contributed by atoms with E-state index in [9.17, 15) is 13.5 Å². The molecule has 0 heterocycles. The summed E-state index contributed by atoms with van der Waals surface area (Å²) in [5.41, 5.74) is 5.17. The van der Waals surface area contributed by atoms with Crippen LogP contribution in [0.15, 0.2) is 17.0 Å². The van der Waals surface area contributed by atoms with Gasteiger partial charge in [-0.05, 0) is 45.6 Å². The number of aryl methyl sites for hydroxylation is 1. The van der Waals surface area contributed by atoms with Crippen LogP contribution in [0.4, 0.5) is 5.69 Å². The molecule has 0 amide bonds. The van der Waals surface area contributed by atoms with Crippen molar-refractivity contribution in [3.05, 3.63) is 22.7 Å². The number of aliphatic hydroxyl groups is 1. The van der Waals surface area contributed by atoms with Crippen molar-refractivity contribution in [3.63, 3.8) is 0 Å². The fourth-order valence-corrected chi connectivity index (χ4v) is 3.66. The molecule has 8 heteroatoms. The Bertz CT molecular complexity index is 615. The first-order chi connectivity index (χ1) is 9.44. The van der Waals surface area contributed by atoms with E-state index in [1.165, 1.54) is 12.1 Å². The second kappa shape index (κ2) is 6.50. The zero-order chi connectivity index (χ0) is 16.4. The summed E-state index contributed by atoms with van der Waals surface area (Å²) in [4.78, 5) is 1.84. The van der Waals surface area contributed by atoms with E-state index in [1.807, 2.05) is 0 Å². The predicted octanol–water partition coefficient (Wildman–Crippen LogP) is 0.822. The SMILES string of the molecule is Cc1cc(Cl)c(N)cc1S(=O)(=O)NCC(C)(O)CN(C)C. The zero-order valence-corrected chi connectivity index (χ0v) is 14.2. The second-order valence-corrected chi connectivity index (χ2v) is 7.84. The largest absolute Gasteiger partial charge is 0.397 e. The van der Waals surface area contributed by atoms with Crippen molar-refractivity contribution in [2.24, 2.45) is 0 Å². The average molecular weight is 336 g/mol. The Morgan fingerprint density at radius 1 is 1.43 bits per heavy atom. The number of anilines is 1. The summed E-state index contributed by atoms with van der Waals surface area (Å²) >= 11 is 5.86. The summed E-state index contributed by atoms with van der Waals surface area (Å²) in [6.07, 6.45) is 0. The number of rotatable bonds is 6. The number of nitrogens with two attached hydrogens (primary N) is 1. The average Bonchev–Trinajstić information content (AvgIpc) is 2.30. The van der Waals surface area contributed by atoms with Crippen LogP contribution in [-0.2, 0) is 10.0 Å². The van der Waals surface area contributed by atoms with Crippen molar-refractivity contribution in [2.45, 2.75) is 24.3 Å². The van der Waals surface area contributed by atoms with Crippen LogP contribution < -0.4 is 10.5 Å². The lowest BCUT2D eigenvalue weighted by molar-refractivity contribution is 0.0386. The molecular weight excluding hydrogens is 314 g/mol. The van der Waals surface area contributed by atoms with Gasteiger partial charge in [-0.15, -0.1) is 0 Å². The molecule has 1 rings (SSSR count). The molecule has 0 aliphatic carbocycles. The predicted molar refractivity (Wildman–Crippen MR) is 85.0 cm³/mol. The van der Waals surface area contributed by atoms with Gasteiger partial charge in [0.2, 0.25) is 10.0 Å². The van der Waals surface area contributed by atoms with Crippen LogP contribution in [0.5, 0.6) is 0 Å². The van der Waals surface area contributed by atoms with Gasteiger partial charge >= 0.3 is 0 Å². The molecule has 21 heavy (non-hydrogen) atoms. The highest BCUT2D eigenvalue weighted by atomic mass is 35.5. The van der Waals surface area contributed by atoms with Gasteiger partial charge in [0, 0.05) is 13.1 Å². The van der Waals surface area contributed by atoms with Crippen LogP contribution in [0.3, 0.4) is 0 Å². The molecule has 1 aromatic carbocycles. The molecular formula is C13H22ClN3O3S. The van der Waals surface area contributed by atoms with E-state index in [1.54, 1.807) is 32.8 Å². The molecule has 6 nitrogen and oxygen atoms in total. The molecule has 0 fully saturated rings. The minimum atomic E-state index is -3.77. The lowest BCUT2D eigenvalue weighted by Gasteiger charge is -2.27. The van der Waals surface area contributed by atoms with Gasteiger partial charge in [0.1, 0.15) is 0 Å². The normalized spacial score (nSPS) is 15.2. The highest BCUT2D eigenvalue weighted by molar-refractivity contribution is 7.89. The summed E-state index contributed by atoms with van der Waals surface area (Å²) in [7, 11) is -0.169. The molecule has 1 atom stereocenters. The van der Waals surface area contributed by atoms with E-state index in [-0.39, 0.29) is 17.1 Å². The maximum Gasteiger partial charge on any atom is 0.241 e. The summed E-state index contributed by atoms with van der Waals surface area (Å²) < 4.78 is 27.0. The van der Waals surface area contributed by atoms with Crippen molar-refractivity contribution in [1.29, 1.82) is 0 Å². The monoisotopic (exact) mass is 335 g/mol. The molecule has 1 aromatic rings. The van der Waals surface area contributed by atoms with Gasteiger partial charge in [0.25, 0.3) is 0 Å². The quantitative estimate of drug-likeness (QED) is 0.669. The topological polar surface area (TPSA) is 95.7 Å². The molecule has 4 N–H and O–H groups in total. The lowest BCUT2D eigenvalue weighted by Crippen LogP contribution is -2.47. The third kappa shape index (κ3) is 5.12. The number of benzene rings is 1. The van der Waals surface area contributed by atoms with Crippen LogP contribution in [-0.4, -0.2) is 51.2 Å². The number of hydrogen-bond acceptors (Lipinski definition) is 5. The van der Waals surface area contributed by atoms with E-state index in [2.05, 4.69) is 4.72 Å². The van der Waals surface area contributed by atoms with Crippen molar-refractivity contribution in [1.82, 2.24) is 9.62 Å². The Morgan fingerprint density at radius 3 is 2.52 bits per heavy atom. The number of nitrogen functional groups attached to an aromatic ring is 1. The highest BCUT2D eigenvalue weighted by Crippen LogP contribution is 2.26. The van der Waals surface area contributed by atoms with Gasteiger partial charge in [0.15, 0.2) is 0 Å². The molecule has 0 radical (unpaired) electrons. The number of likely N-dealkylation sites (N-methyl/N-ethyl adjacent to an activating group) is 1. The van der Waals surface area contributed by atoms with Gasteiger partial charge in [0.05, 0.1) is 21.2 Å². The standard InChI is InChI=1S/C13H22ClN3O3S/c1-9-5-10(14)11(15)6-12(9)21(19,20)16-7-13(2,18)8-17(3)4/h5-6,16,18H,7-8,15H2,1-4H3. The number of nitrogens with one attached hydrogen (secondary N) is 1. The Morgan fingerprint density at radius 2 is 2.00 bits per heavy atom. The molecule has 1 unspecified atom stereocenters. The maximum atomic E-state index is 12.3. The van der Waals surface area contributed by atoms with Crippen molar-refractivity contribution in [3.8, 4) is 0 Å². The highest BCUT2D eigenvalue weighted by Gasteiger charge is 2.26. The number of halogens is 1. The Kier molecular flexibility index (Phi) is 5.63. The second-order valence-electron chi connectivity index (χ2n) is 5.70. The number of sulfonamides is 1. The Balaban J connectivity index is 2.95. The van der Waals surface area contributed by atoms with Crippen LogP contribution in [0, 0.1) is 6.92 Å². The van der Waals surface area contributed by atoms with E-state index in [0.717, 1.165) is 0 Å². The zero-order valence-electron chi connectivity index (χ0n) is 12.6. The molecule has 0 aliphatic heterocycles. The van der Waals surface area contributed by atoms with Gasteiger partial charge in [-0.2, -0.15) is 0 Å². The van der Waals surface area contributed by atoms with Crippen LogP contribution in [0.2, 0.25) is 5.02 Å². The van der Waals surface area contributed by atoms with E-state index in [0.29, 0.717) is 17.1 Å². The summed E-state index contributed by atoms with van der Waals surface area (Å²) in [5, 5.41) is 10.5. The summed E-state index contributed by atoms with van der Waals surface area (Å²) in [6, 6.07) is 2.82. The van der Waals surface area contributed by atoms with Gasteiger partial charge in [-0.3, -0.25) is 0 Å². The van der Waals surface area contributed by atoms with Crippen molar-refractivity contribution < 1.29 is 13.5 Å². The van der Waals surface area contributed by atoms with Crippen LogP contribution in [0.1, 0.15) is 12.5 Å². The third-order valence-electron chi connectivity index (χ3n) is 2.88. The molecule has 0 saturated carbocycles. The Hall–Kier alpha value is -0.860. The van der Waals surface area contributed by atoms with Crippen molar-refractivity contribution >= 4 is 27.3 Å². The van der Waals surface area contributed by atoms with Crippen molar-refractivity contribution in [2.75, 3.05) is 32.9 Å². The minimum absolute atomic E-state index is 0.0602. The van der Waals surface area contributed by atoms with Gasteiger partial charge < -0.3 is 15.7 Å². The minimum Gasteiger partial charge on any atom is -0.397 e. The molecule has 0 aliphatic rings. The van der Waals surface area contributed by atoms with Gasteiger partial charge in [-0.1, -0.05) is 11.6 Å². The van der Waals surface area contributed by atoms with E-state index < -0.39 is 15.6 Å². The first-order valence-electron chi connectivity index (χ1n) is 6.37. The van der Waals surface area contributed by atoms with E-state index in [4.69, 9.17) is 17.3 Å². The van der Waals surface area contributed by atoms with Gasteiger partial charge in [-0.25, -0.2) is 13.1 Å². The lowest BCUT2D eigenvalue weighted by atomic mass is 10.1. The maximum absolute atomic E-state index is 12.3. The molecule has 0 saturated heterocycles. The molecule has 0 spiro atoms. The number of nitrogens with zero attached hydrogens (tertiary/aromatic N) is 1. The van der Waals surface area contributed by atoms with E-state index >= 15 is 0 Å². The molecule has 0 aromatic heterocycles. The van der Waals surface area contributed by atoms with Crippen LogP contribution >= 0.6 is 11.6 Å². The molecule has 120 valence electrons. The summed E-state index contributed by atoms with van der Waals surface area (Å²) in [5.74, 6) is 0. The summed E-state index contributed by atoms with van der Waals surface area (Å²) in [6.45, 7) is 3.43. The fraction of sp³-hybridized carbons (Fsp3) is 0.538. The van der Waals surface area contributed by atoms with Crippen LogP contribution in [0.25, 0.3) is 0 Å². The smallest absolute Gasteiger partial charge is 0.241 e. The first-order valence-corrected chi connectivity index (χ1v) is 8.23.